The first kappa shape index (κ1) is 11.7. The molecule has 0 radical (unpaired) electrons. The molecule has 72 valence electrons. The summed E-state index contributed by atoms with van der Waals surface area (Å²) < 4.78 is 4.89. The zero-order chi connectivity index (χ0) is 9.40. The highest BCUT2D eigenvalue weighted by atomic mass is 16.5. The van der Waals surface area contributed by atoms with Gasteiger partial charge in [0.2, 0.25) is 0 Å². The number of hydrogen-bond acceptors (Lipinski definition) is 2. The van der Waals surface area contributed by atoms with Crippen LogP contribution in [0.3, 0.4) is 0 Å². The second-order valence-electron chi connectivity index (χ2n) is 3.10. The van der Waals surface area contributed by atoms with Crippen molar-refractivity contribution in [2.24, 2.45) is 0 Å². The number of methoxy groups -OCH3 is 1. The third kappa shape index (κ3) is 6.38. The van der Waals surface area contributed by atoms with E-state index in [0.717, 1.165) is 37.9 Å². The summed E-state index contributed by atoms with van der Waals surface area (Å²) in [5, 5.41) is 9.46. The second-order valence-corrected chi connectivity index (χ2v) is 3.10. The van der Waals surface area contributed by atoms with Crippen LogP contribution in [0.5, 0.6) is 0 Å². The Bertz CT molecular complexity index is 121. The van der Waals surface area contributed by atoms with Crippen LogP contribution in [0.25, 0.3) is 0 Å². The largest absolute Gasteiger partial charge is 0.393 e. The summed E-state index contributed by atoms with van der Waals surface area (Å²) in [6.45, 7) is 6.64. The van der Waals surface area contributed by atoms with Crippen LogP contribution in [0.1, 0.15) is 32.6 Å². The summed E-state index contributed by atoms with van der Waals surface area (Å²) in [5.74, 6) is 0. The molecule has 0 fully saturated rings. The van der Waals surface area contributed by atoms with Gasteiger partial charge < -0.3 is 9.84 Å². The molecule has 0 aliphatic rings. The van der Waals surface area contributed by atoms with Crippen LogP contribution < -0.4 is 0 Å². The molecule has 0 aromatic rings. The SMILES string of the molecule is C=C(CC)CC(O)CCCOC. The molecule has 0 aromatic heterocycles. The van der Waals surface area contributed by atoms with Crippen LogP contribution in [0.2, 0.25) is 0 Å². The lowest BCUT2D eigenvalue weighted by atomic mass is 10.0. The number of aliphatic hydroxyl groups excluding tert-OH is 1. The van der Waals surface area contributed by atoms with Crippen LogP contribution >= 0.6 is 0 Å². The van der Waals surface area contributed by atoms with Gasteiger partial charge in [-0.2, -0.15) is 0 Å². The van der Waals surface area contributed by atoms with Crippen molar-refractivity contribution in [2.75, 3.05) is 13.7 Å². The van der Waals surface area contributed by atoms with Crippen LogP contribution in [0.15, 0.2) is 12.2 Å². The van der Waals surface area contributed by atoms with Gasteiger partial charge in [0, 0.05) is 13.7 Å². The van der Waals surface area contributed by atoms with Gasteiger partial charge in [-0.15, -0.1) is 0 Å². The molecule has 0 spiro atoms. The molecule has 2 nitrogen and oxygen atoms in total. The van der Waals surface area contributed by atoms with Crippen molar-refractivity contribution in [1.82, 2.24) is 0 Å². The van der Waals surface area contributed by atoms with Crippen LogP contribution in [0, 0.1) is 0 Å². The predicted molar refractivity (Wildman–Crippen MR) is 51.2 cm³/mol. The molecule has 12 heavy (non-hydrogen) atoms. The van der Waals surface area contributed by atoms with Crippen LogP contribution in [-0.4, -0.2) is 24.9 Å². The van der Waals surface area contributed by atoms with E-state index in [4.69, 9.17) is 4.74 Å². The molecule has 0 saturated carbocycles. The Hall–Kier alpha value is -0.340. The van der Waals surface area contributed by atoms with E-state index >= 15 is 0 Å². The van der Waals surface area contributed by atoms with Crippen molar-refractivity contribution in [1.29, 1.82) is 0 Å². The van der Waals surface area contributed by atoms with Crippen molar-refractivity contribution < 1.29 is 9.84 Å². The molecule has 1 N–H and O–H groups in total. The summed E-state index contributed by atoms with van der Waals surface area (Å²) in [6, 6.07) is 0. The van der Waals surface area contributed by atoms with Gasteiger partial charge in [-0.25, -0.2) is 0 Å². The molecular formula is C10H20O2. The molecule has 0 heterocycles. The molecule has 0 saturated heterocycles. The van der Waals surface area contributed by atoms with E-state index in [2.05, 4.69) is 13.5 Å². The van der Waals surface area contributed by atoms with Crippen LogP contribution in [0.4, 0.5) is 0 Å². The quantitative estimate of drug-likeness (QED) is 0.471. The third-order valence-corrected chi connectivity index (χ3v) is 1.91. The number of rotatable bonds is 7. The first-order valence-corrected chi connectivity index (χ1v) is 4.54. The first-order chi connectivity index (χ1) is 5.70. The summed E-state index contributed by atoms with van der Waals surface area (Å²) in [6.07, 6.45) is 3.20. The molecule has 0 rings (SSSR count). The summed E-state index contributed by atoms with van der Waals surface area (Å²) in [4.78, 5) is 0. The third-order valence-electron chi connectivity index (χ3n) is 1.91. The summed E-state index contributed by atoms with van der Waals surface area (Å²) in [5.41, 5.74) is 1.12. The molecule has 0 bridgehead atoms. The van der Waals surface area contributed by atoms with Gasteiger partial charge in [0.15, 0.2) is 0 Å². The predicted octanol–water partition coefficient (Wildman–Crippen LogP) is 2.13. The van der Waals surface area contributed by atoms with Crippen molar-refractivity contribution in [3.8, 4) is 0 Å². The van der Waals surface area contributed by atoms with E-state index < -0.39 is 0 Å². The van der Waals surface area contributed by atoms with Gasteiger partial charge in [0.25, 0.3) is 0 Å². The Morgan fingerprint density at radius 1 is 1.58 bits per heavy atom. The maximum absolute atomic E-state index is 9.46. The van der Waals surface area contributed by atoms with E-state index in [1.807, 2.05) is 0 Å². The average molecular weight is 172 g/mol. The lowest BCUT2D eigenvalue weighted by Crippen LogP contribution is -2.08. The Balaban J connectivity index is 3.32. The first-order valence-electron chi connectivity index (χ1n) is 4.54. The van der Waals surface area contributed by atoms with Gasteiger partial charge in [-0.1, -0.05) is 19.1 Å². The summed E-state index contributed by atoms with van der Waals surface area (Å²) in [7, 11) is 1.68. The number of hydrogen-bond donors (Lipinski definition) is 1. The highest BCUT2D eigenvalue weighted by molar-refractivity contribution is 4.94. The minimum absolute atomic E-state index is 0.229. The Labute approximate surface area is 75.2 Å². The maximum Gasteiger partial charge on any atom is 0.0578 e. The molecule has 2 heteroatoms. The molecule has 0 amide bonds. The highest BCUT2D eigenvalue weighted by Gasteiger charge is 2.04. The fourth-order valence-electron chi connectivity index (χ4n) is 1.04. The lowest BCUT2D eigenvalue weighted by molar-refractivity contribution is 0.135. The Morgan fingerprint density at radius 2 is 2.25 bits per heavy atom. The van der Waals surface area contributed by atoms with Gasteiger partial charge >= 0.3 is 0 Å². The number of ether oxygens (including phenoxy) is 1. The summed E-state index contributed by atoms with van der Waals surface area (Å²) >= 11 is 0. The molecule has 0 aromatic carbocycles. The monoisotopic (exact) mass is 172 g/mol. The topological polar surface area (TPSA) is 29.5 Å². The maximum atomic E-state index is 9.46. The minimum atomic E-state index is -0.229. The zero-order valence-electron chi connectivity index (χ0n) is 8.18. The molecule has 0 aliphatic carbocycles. The van der Waals surface area contributed by atoms with E-state index in [-0.39, 0.29) is 6.10 Å². The smallest absolute Gasteiger partial charge is 0.0578 e. The van der Waals surface area contributed by atoms with Crippen molar-refractivity contribution >= 4 is 0 Å². The van der Waals surface area contributed by atoms with Crippen molar-refractivity contribution in [3.05, 3.63) is 12.2 Å². The minimum Gasteiger partial charge on any atom is -0.393 e. The van der Waals surface area contributed by atoms with E-state index in [1.54, 1.807) is 7.11 Å². The molecule has 0 aliphatic heterocycles. The fraction of sp³-hybridized carbons (Fsp3) is 0.800. The van der Waals surface area contributed by atoms with E-state index in [0.29, 0.717) is 0 Å². The number of aliphatic hydroxyl groups is 1. The Morgan fingerprint density at radius 3 is 2.75 bits per heavy atom. The van der Waals surface area contributed by atoms with Gasteiger partial charge in [0.1, 0.15) is 0 Å². The van der Waals surface area contributed by atoms with E-state index in [1.165, 1.54) is 0 Å². The van der Waals surface area contributed by atoms with Crippen molar-refractivity contribution in [3.63, 3.8) is 0 Å². The zero-order valence-corrected chi connectivity index (χ0v) is 8.18. The van der Waals surface area contributed by atoms with E-state index in [9.17, 15) is 5.11 Å². The standard InChI is InChI=1S/C10H20O2/c1-4-9(2)8-10(11)6-5-7-12-3/h10-11H,2,4-8H2,1,3H3. The van der Waals surface area contributed by atoms with Crippen molar-refractivity contribution in [2.45, 2.75) is 38.7 Å². The average Bonchev–Trinajstić information content (AvgIpc) is 2.05. The highest BCUT2D eigenvalue weighted by Crippen LogP contribution is 2.10. The fourth-order valence-corrected chi connectivity index (χ4v) is 1.04. The Kier molecular flexibility index (Phi) is 7.11. The van der Waals surface area contributed by atoms with Gasteiger partial charge in [-0.05, 0) is 25.7 Å². The molecule has 1 unspecified atom stereocenters. The lowest BCUT2D eigenvalue weighted by Gasteiger charge is -2.10. The van der Waals surface area contributed by atoms with Gasteiger partial charge in [-0.3, -0.25) is 0 Å². The second kappa shape index (κ2) is 7.32. The molecule has 1 atom stereocenters. The normalized spacial score (nSPS) is 12.9. The molecular weight excluding hydrogens is 152 g/mol. The van der Waals surface area contributed by atoms with Crippen LogP contribution in [-0.2, 0) is 4.74 Å². The van der Waals surface area contributed by atoms with Gasteiger partial charge in [0.05, 0.1) is 6.10 Å².